The molecular weight excluding hydrogens is 320 g/mol. The lowest BCUT2D eigenvalue weighted by atomic mass is 9.98. The fraction of sp³-hybridized carbons (Fsp3) is 0.389. The number of imidazole rings is 1. The topological polar surface area (TPSA) is 50.5 Å². The highest BCUT2D eigenvalue weighted by Gasteiger charge is 2.27. The van der Waals surface area contributed by atoms with Crippen molar-refractivity contribution in [1.82, 2.24) is 19.3 Å². The van der Waals surface area contributed by atoms with Gasteiger partial charge in [-0.05, 0) is 31.9 Å². The second-order valence-corrected chi connectivity index (χ2v) is 7.22. The van der Waals surface area contributed by atoms with E-state index in [0.29, 0.717) is 12.3 Å². The predicted octanol–water partition coefficient (Wildman–Crippen LogP) is 3.05. The van der Waals surface area contributed by atoms with E-state index in [0.717, 1.165) is 48.0 Å². The molecule has 1 amide bonds. The summed E-state index contributed by atoms with van der Waals surface area (Å²) in [6, 6.07) is 5.92. The summed E-state index contributed by atoms with van der Waals surface area (Å²) >= 11 is 1.69. The van der Waals surface area contributed by atoms with Gasteiger partial charge in [-0.1, -0.05) is 6.07 Å². The van der Waals surface area contributed by atoms with Gasteiger partial charge in [-0.2, -0.15) is 0 Å². The lowest BCUT2D eigenvalue weighted by Crippen LogP contribution is -2.40. The first-order chi connectivity index (χ1) is 11.7. The Morgan fingerprint density at radius 1 is 1.42 bits per heavy atom. The molecule has 5 nitrogen and oxygen atoms in total. The Labute approximate surface area is 145 Å². The molecule has 1 aliphatic rings. The van der Waals surface area contributed by atoms with E-state index in [4.69, 9.17) is 0 Å². The van der Waals surface area contributed by atoms with Crippen molar-refractivity contribution in [3.63, 3.8) is 0 Å². The highest BCUT2D eigenvalue weighted by molar-refractivity contribution is 7.09. The lowest BCUT2D eigenvalue weighted by molar-refractivity contribution is -0.131. The van der Waals surface area contributed by atoms with Crippen LogP contribution in [-0.2, 0) is 11.2 Å². The van der Waals surface area contributed by atoms with E-state index in [-0.39, 0.29) is 5.91 Å². The van der Waals surface area contributed by atoms with Gasteiger partial charge in [-0.15, -0.1) is 11.3 Å². The number of hydrogen-bond acceptors (Lipinski definition) is 4. The van der Waals surface area contributed by atoms with Gasteiger partial charge in [-0.3, -0.25) is 4.79 Å². The number of carbonyl (C=O) groups excluding carboxylic acids is 1. The van der Waals surface area contributed by atoms with Gasteiger partial charge >= 0.3 is 0 Å². The lowest BCUT2D eigenvalue weighted by Gasteiger charge is -2.32. The molecule has 0 radical (unpaired) electrons. The Morgan fingerprint density at radius 3 is 3.17 bits per heavy atom. The largest absolute Gasteiger partial charge is 0.342 e. The normalized spacial score (nSPS) is 18.2. The first kappa shape index (κ1) is 15.3. The highest BCUT2D eigenvalue weighted by Crippen LogP contribution is 2.28. The van der Waals surface area contributed by atoms with Crippen LogP contribution in [0.4, 0.5) is 0 Å². The Balaban J connectivity index is 1.52. The minimum atomic E-state index is 0.185. The van der Waals surface area contributed by atoms with Crippen molar-refractivity contribution in [2.75, 3.05) is 13.1 Å². The molecule has 4 rings (SSSR count). The van der Waals surface area contributed by atoms with Crippen molar-refractivity contribution in [2.45, 2.75) is 32.1 Å². The summed E-state index contributed by atoms with van der Waals surface area (Å²) in [6.07, 6.45) is 6.39. The Bertz CT molecular complexity index is 855. The van der Waals surface area contributed by atoms with Crippen molar-refractivity contribution in [3.05, 3.63) is 52.4 Å². The molecular formula is C18H20N4OS. The van der Waals surface area contributed by atoms with E-state index in [1.54, 1.807) is 11.3 Å². The highest BCUT2D eigenvalue weighted by atomic mass is 32.1. The standard InChI is InChI=1S/C18H20N4OS/c1-13-15(22-9-3-2-6-16(22)20-13)11-17(23)21-8-4-5-14(12-21)18-19-7-10-24-18/h2-3,6-7,9-10,14H,4-5,8,11-12H2,1H3. The van der Waals surface area contributed by atoms with Crippen LogP contribution in [0.3, 0.4) is 0 Å². The van der Waals surface area contributed by atoms with Crippen molar-refractivity contribution in [2.24, 2.45) is 0 Å². The average molecular weight is 340 g/mol. The third-order valence-electron chi connectivity index (χ3n) is 4.72. The molecule has 0 spiro atoms. The van der Waals surface area contributed by atoms with Crippen LogP contribution < -0.4 is 0 Å². The maximum Gasteiger partial charge on any atom is 0.228 e. The minimum absolute atomic E-state index is 0.185. The van der Waals surface area contributed by atoms with Gasteiger partial charge in [-0.25, -0.2) is 9.97 Å². The summed E-state index contributed by atoms with van der Waals surface area (Å²) < 4.78 is 2.02. The van der Waals surface area contributed by atoms with Crippen LogP contribution >= 0.6 is 11.3 Å². The number of thiazole rings is 1. The van der Waals surface area contributed by atoms with E-state index in [9.17, 15) is 4.79 Å². The molecule has 0 bridgehead atoms. The quantitative estimate of drug-likeness (QED) is 0.736. The molecule has 1 aliphatic heterocycles. The Morgan fingerprint density at radius 2 is 2.33 bits per heavy atom. The first-order valence-corrected chi connectivity index (χ1v) is 9.20. The van der Waals surface area contributed by atoms with Gasteiger partial charge in [0.05, 0.1) is 22.8 Å². The van der Waals surface area contributed by atoms with Crippen LogP contribution in [0, 0.1) is 6.92 Å². The Kier molecular flexibility index (Phi) is 4.06. The fourth-order valence-corrected chi connectivity index (χ4v) is 4.24. The molecule has 0 N–H and O–H groups in total. The number of hydrogen-bond donors (Lipinski definition) is 0. The van der Waals surface area contributed by atoms with Crippen LogP contribution in [0.1, 0.15) is 35.2 Å². The zero-order chi connectivity index (χ0) is 16.5. The third-order valence-corrected chi connectivity index (χ3v) is 5.66. The first-order valence-electron chi connectivity index (χ1n) is 8.32. The second-order valence-electron chi connectivity index (χ2n) is 6.30. The van der Waals surface area contributed by atoms with Gasteiger partial charge in [0, 0.05) is 36.8 Å². The number of amides is 1. The van der Waals surface area contributed by atoms with E-state index in [1.807, 2.05) is 52.2 Å². The molecule has 1 unspecified atom stereocenters. The molecule has 4 heterocycles. The van der Waals surface area contributed by atoms with E-state index in [2.05, 4.69) is 9.97 Å². The SMILES string of the molecule is Cc1nc2ccccn2c1CC(=O)N1CCCC(c2nccs2)C1. The number of carbonyl (C=O) groups is 1. The smallest absolute Gasteiger partial charge is 0.228 e. The molecule has 1 saturated heterocycles. The summed E-state index contributed by atoms with van der Waals surface area (Å²) in [5.74, 6) is 0.566. The molecule has 24 heavy (non-hydrogen) atoms. The van der Waals surface area contributed by atoms with Gasteiger partial charge < -0.3 is 9.30 Å². The molecule has 1 fully saturated rings. The number of pyridine rings is 1. The summed E-state index contributed by atoms with van der Waals surface area (Å²) in [5, 5.41) is 3.16. The monoisotopic (exact) mass is 340 g/mol. The van der Waals surface area contributed by atoms with E-state index >= 15 is 0 Å². The van der Waals surface area contributed by atoms with Gasteiger partial charge in [0.1, 0.15) is 5.65 Å². The number of likely N-dealkylation sites (tertiary alicyclic amines) is 1. The Hall–Kier alpha value is -2.21. The van der Waals surface area contributed by atoms with E-state index < -0.39 is 0 Å². The molecule has 0 saturated carbocycles. The maximum atomic E-state index is 12.8. The minimum Gasteiger partial charge on any atom is -0.342 e. The van der Waals surface area contributed by atoms with E-state index in [1.165, 1.54) is 0 Å². The number of fused-ring (bicyclic) bond motifs is 1. The molecule has 124 valence electrons. The van der Waals surface area contributed by atoms with Crippen LogP contribution in [-0.4, -0.2) is 38.3 Å². The van der Waals surface area contributed by atoms with Crippen molar-refractivity contribution in [3.8, 4) is 0 Å². The number of rotatable bonds is 3. The molecule has 3 aromatic rings. The van der Waals surface area contributed by atoms with Crippen molar-refractivity contribution in [1.29, 1.82) is 0 Å². The molecule has 0 aliphatic carbocycles. The average Bonchev–Trinajstić information content (AvgIpc) is 3.24. The van der Waals surface area contributed by atoms with Gasteiger partial charge in [0.2, 0.25) is 5.91 Å². The van der Waals surface area contributed by atoms with Crippen LogP contribution in [0.5, 0.6) is 0 Å². The van der Waals surface area contributed by atoms with Crippen LogP contribution in [0.25, 0.3) is 5.65 Å². The number of aromatic nitrogens is 3. The number of nitrogens with zero attached hydrogens (tertiary/aromatic N) is 4. The van der Waals surface area contributed by atoms with Crippen molar-refractivity contribution < 1.29 is 4.79 Å². The summed E-state index contributed by atoms with van der Waals surface area (Å²) in [7, 11) is 0. The second kappa shape index (κ2) is 6.36. The molecule has 1 atom stereocenters. The zero-order valence-electron chi connectivity index (χ0n) is 13.7. The molecule has 3 aromatic heterocycles. The van der Waals surface area contributed by atoms with Gasteiger partial charge in [0.25, 0.3) is 0 Å². The fourth-order valence-electron chi connectivity index (χ4n) is 3.47. The third kappa shape index (κ3) is 2.82. The van der Waals surface area contributed by atoms with Crippen LogP contribution in [0.2, 0.25) is 0 Å². The summed E-state index contributed by atoms with van der Waals surface area (Å²) in [4.78, 5) is 23.8. The summed E-state index contributed by atoms with van der Waals surface area (Å²) in [5.41, 5.74) is 2.83. The van der Waals surface area contributed by atoms with Crippen LogP contribution in [0.15, 0.2) is 36.0 Å². The zero-order valence-corrected chi connectivity index (χ0v) is 14.5. The molecule has 0 aromatic carbocycles. The van der Waals surface area contributed by atoms with Gasteiger partial charge in [0.15, 0.2) is 0 Å². The number of aryl methyl sites for hydroxylation is 1. The predicted molar refractivity (Wildman–Crippen MR) is 94.3 cm³/mol. The van der Waals surface area contributed by atoms with Crippen molar-refractivity contribution >= 4 is 22.9 Å². The maximum absolute atomic E-state index is 12.8. The summed E-state index contributed by atoms with van der Waals surface area (Å²) in [6.45, 7) is 3.60. The molecule has 6 heteroatoms. The number of piperidine rings is 1.